The monoisotopic (exact) mass is 262 g/mol. The van der Waals surface area contributed by atoms with Crippen molar-refractivity contribution in [2.45, 2.75) is 32.4 Å². The minimum absolute atomic E-state index is 0.0555. The molecule has 0 radical (unpaired) electrons. The molecule has 104 valence electrons. The minimum atomic E-state index is -0.915. The van der Waals surface area contributed by atoms with Crippen LogP contribution in [0.1, 0.15) is 25.3 Å². The van der Waals surface area contributed by atoms with Gasteiger partial charge in [0, 0.05) is 25.7 Å². The number of nitrogens with one attached hydrogen (secondary N) is 1. The average Bonchev–Trinajstić information content (AvgIpc) is 2.38. The van der Waals surface area contributed by atoms with Gasteiger partial charge in [0.1, 0.15) is 0 Å². The van der Waals surface area contributed by atoms with Crippen LogP contribution in [0.25, 0.3) is 0 Å². The first-order valence-electron chi connectivity index (χ1n) is 6.93. The van der Waals surface area contributed by atoms with E-state index in [4.69, 9.17) is 5.11 Å². The van der Waals surface area contributed by atoms with E-state index in [2.05, 4.69) is 29.3 Å². The molecular formula is C15H22N2O2. The molecule has 2 rings (SSSR count). The maximum atomic E-state index is 10.8. The maximum absolute atomic E-state index is 10.8. The third-order valence-electron chi connectivity index (χ3n) is 3.77. The van der Waals surface area contributed by atoms with Crippen LogP contribution in [0.3, 0.4) is 0 Å². The molecule has 0 spiro atoms. The number of likely N-dealkylation sites (tertiary alicyclic amines) is 1. The van der Waals surface area contributed by atoms with E-state index >= 15 is 0 Å². The highest BCUT2D eigenvalue weighted by Crippen LogP contribution is 2.21. The largest absolute Gasteiger partial charge is 0.465 e. The molecule has 1 aliphatic heterocycles. The van der Waals surface area contributed by atoms with E-state index in [0.717, 1.165) is 32.5 Å². The quantitative estimate of drug-likeness (QED) is 0.876. The average molecular weight is 262 g/mol. The predicted molar refractivity (Wildman–Crippen MR) is 75.1 cm³/mol. The van der Waals surface area contributed by atoms with E-state index in [1.54, 1.807) is 0 Å². The SMILES string of the molecule is CC[C@H]1C[C@H](NC(=O)O)CN(Cc2ccccc2)C1. The zero-order chi connectivity index (χ0) is 13.7. The summed E-state index contributed by atoms with van der Waals surface area (Å²) in [6.07, 6.45) is 1.14. The topological polar surface area (TPSA) is 52.6 Å². The van der Waals surface area contributed by atoms with Crippen molar-refractivity contribution in [3.8, 4) is 0 Å². The third-order valence-corrected chi connectivity index (χ3v) is 3.77. The van der Waals surface area contributed by atoms with Crippen LogP contribution >= 0.6 is 0 Å². The van der Waals surface area contributed by atoms with Gasteiger partial charge in [0.15, 0.2) is 0 Å². The van der Waals surface area contributed by atoms with Gasteiger partial charge in [-0.25, -0.2) is 4.79 Å². The molecule has 0 aliphatic carbocycles. The number of benzene rings is 1. The first kappa shape index (κ1) is 13.9. The van der Waals surface area contributed by atoms with Gasteiger partial charge in [0.2, 0.25) is 0 Å². The summed E-state index contributed by atoms with van der Waals surface area (Å²) < 4.78 is 0. The summed E-state index contributed by atoms with van der Waals surface area (Å²) in [7, 11) is 0. The first-order chi connectivity index (χ1) is 9.17. The molecule has 1 amide bonds. The number of piperidine rings is 1. The molecular weight excluding hydrogens is 240 g/mol. The molecule has 0 bridgehead atoms. The smallest absolute Gasteiger partial charge is 0.404 e. The molecule has 1 heterocycles. The molecule has 1 aromatic rings. The van der Waals surface area contributed by atoms with E-state index in [1.165, 1.54) is 5.56 Å². The van der Waals surface area contributed by atoms with Gasteiger partial charge >= 0.3 is 6.09 Å². The second-order valence-corrected chi connectivity index (χ2v) is 5.34. The standard InChI is InChI=1S/C15H22N2O2/c1-2-12-8-14(16-15(18)19)11-17(9-12)10-13-6-4-3-5-7-13/h3-7,12,14,16H,2,8-11H2,1H3,(H,18,19)/t12-,14-/m0/s1. The van der Waals surface area contributed by atoms with E-state index < -0.39 is 6.09 Å². The molecule has 1 saturated heterocycles. The third kappa shape index (κ3) is 4.24. The number of carbonyl (C=O) groups is 1. The Morgan fingerprint density at radius 3 is 2.74 bits per heavy atom. The Hall–Kier alpha value is -1.55. The van der Waals surface area contributed by atoms with E-state index in [1.807, 2.05) is 18.2 Å². The molecule has 19 heavy (non-hydrogen) atoms. The van der Waals surface area contributed by atoms with Crippen LogP contribution < -0.4 is 5.32 Å². The van der Waals surface area contributed by atoms with Crippen molar-refractivity contribution in [2.75, 3.05) is 13.1 Å². The second kappa shape index (κ2) is 6.57. The number of carboxylic acid groups (broad SMARTS) is 1. The van der Waals surface area contributed by atoms with Crippen LogP contribution in [0, 0.1) is 5.92 Å². The lowest BCUT2D eigenvalue weighted by Gasteiger charge is -2.37. The molecule has 0 saturated carbocycles. The Morgan fingerprint density at radius 1 is 1.37 bits per heavy atom. The molecule has 4 heteroatoms. The zero-order valence-electron chi connectivity index (χ0n) is 11.4. The van der Waals surface area contributed by atoms with E-state index in [-0.39, 0.29) is 6.04 Å². The first-order valence-corrected chi connectivity index (χ1v) is 6.93. The maximum Gasteiger partial charge on any atom is 0.404 e. The van der Waals surface area contributed by atoms with Crippen molar-refractivity contribution in [1.82, 2.24) is 10.2 Å². The van der Waals surface area contributed by atoms with Crippen LogP contribution in [0.5, 0.6) is 0 Å². The predicted octanol–water partition coefficient (Wildman–Crippen LogP) is 2.55. The van der Waals surface area contributed by atoms with Gasteiger partial charge in [-0.05, 0) is 17.9 Å². The van der Waals surface area contributed by atoms with Crippen LogP contribution in [0.4, 0.5) is 4.79 Å². The summed E-state index contributed by atoms with van der Waals surface area (Å²) in [6.45, 7) is 4.94. The lowest BCUT2D eigenvalue weighted by atomic mass is 9.92. The van der Waals surface area contributed by atoms with Crippen molar-refractivity contribution >= 4 is 6.09 Å². The van der Waals surface area contributed by atoms with Crippen LogP contribution in [-0.4, -0.2) is 35.2 Å². The Morgan fingerprint density at radius 2 is 2.11 bits per heavy atom. The summed E-state index contributed by atoms with van der Waals surface area (Å²) in [5, 5.41) is 11.5. The highest BCUT2D eigenvalue weighted by Gasteiger charge is 2.27. The van der Waals surface area contributed by atoms with E-state index in [0.29, 0.717) is 5.92 Å². The van der Waals surface area contributed by atoms with Crippen molar-refractivity contribution in [3.05, 3.63) is 35.9 Å². The number of nitrogens with zero attached hydrogens (tertiary/aromatic N) is 1. The Kier molecular flexibility index (Phi) is 4.80. The van der Waals surface area contributed by atoms with Crippen LogP contribution in [0.2, 0.25) is 0 Å². The molecule has 2 N–H and O–H groups in total. The van der Waals surface area contributed by atoms with Gasteiger partial charge in [-0.2, -0.15) is 0 Å². The summed E-state index contributed by atoms with van der Waals surface area (Å²) in [5.41, 5.74) is 1.29. The van der Waals surface area contributed by atoms with Gasteiger partial charge in [0.05, 0.1) is 0 Å². The fourth-order valence-corrected chi connectivity index (χ4v) is 2.85. The van der Waals surface area contributed by atoms with Gasteiger partial charge in [-0.3, -0.25) is 4.90 Å². The summed E-state index contributed by atoms with van der Waals surface area (Å²) >= 11 is 0. The van der Waals surface area contributed by atoms with Crippen molar-refractivity contribution in [3.63, 3.8) is 0 Å². The lowest BCUT2D eigenvalue weighted by molar-refractivity contribution is 0.125. The van der Waals surface area contributed by atoms with Gasteiger partial charge in [-0.1, -0.05) is 43.7 Å². The second-order valence-electron chi connectivity index (χ2n) is 5.34. The Labute approximate surface area is 114 Å². The minimum Gasteiger partial charge on any atom is -0.465 e. The highest BCUT2D eigenvalue weighted by molar-refractivity contribution is 5.64. The number of hydrogen-bond donors (Lipinski definition) is 2. The zero-order valence-corrected chi connectivity index (χ0v) is 11.4. The van der Waals surface area contributed by atoms with Crippen LogP contribution in [0.15, 0.2) is 30.3 Å². The number of rotatable bonds is 4. The fourth-order valence-electron chi connectivity index (χ4n) is 2.85. The molecule has 1 aromatic carbocycles. The highest BCUT2D eigenvalue weighted by atomic mass is 16.4. The lowest BCUT2D eigenvalue weighted by Crippen LogP contribution is -2.50. The molecule has 1 fully saturated rings. The Balaban J connectivity index is 1.97. The normalized spacial score (nSPS) is 24.1. The Bertz CT molecular complexity index is 408. The molecule has 1 aliphatic rings. The molecule has 4 nitrogen and oxygen atoms in total. The van der Waals surface area contributed by atoms with Crippen molar-refractivity contribution in [1.29, 1.82) is 0 Å². The van der Waals surface area contributed by atoms with Crippen molar-refractivity contribution < 1.29 is 9.90 Å². The molecule has 0 unspecified atom stereocenters. The van der Waals surface area contributed by atoms with E-state index in [9.17, 15) is 4.79 Å². The van der Waals surface area contributed by atoms with Gasteiger partial charge in [-0.15, -0.1) is 0 Å². The number of hydrogen-bond acceptors (Lipinski definition) is 2. The van der Waals surface area contributed by atoms with Gasteiger partial charge < -0.3 is 10.4 Å². The summed E-state index contributed by atoms with van der Waals surface area (Å²) in [6, 6.07) is 10.4. The number of amides is 1. The summed E-state index contributed by atoms with van der Waals surface area (Å²) in [4.78, 5) is 13.2. The van der Waals surface area contributed by atoms with Crippen molar-refractivity contribution in [2.24, 2.45) is 5.92 Å². The van der Waals surface area contributed by atoms with Crippen LogP contribution in [-0.2, 0) is 6.54 Å². The molecule has 0 aromatic heterocycles. The summed E-state index contributed by atoms with van der Waals surface area (Å²) in [5.74, 6) is 0.578. The molecule has 2 atom stereocenters. The van der Waals surface area contributed by atoms with Gasteiger partial charge in [0.25, 0.3) is 0 Å². The fraction of sp³-hybridized carbons (Fsp3) is 0.533.